The molecule has 0 atom stereocenters. The van der Waals surface area contributed by atoms with Gasteiger partial charge in [-0.15, -0.1) is 0 Å². The molecule has 1 heterocycles. The summed E-state index contributed by atoms with van der Waals surface area (Å²) in [6, 6.07) is 10.0. The molecule has 1 N–H and O–H groups in total. The Hall–Kier alpha value is -1.46. The summed E-state index contributed by atoms with van der Waals surface area (Å²) in [5, 5.41) is 7.16. The number of aromatic amines is 1. The largest absolute Gasteiger partial charge is 0.380 e. The van der Waals surface area contributed by atoms with Crippen molar-refractivity contribution in [3.8, 4) is 11.4 Å². The van der Waals surface area contributed by atoms with Crippen molar-refractivity contribution in [1.29, 1.82) is 0 Å². The first-order chi connectivity index (χ1) is 9.68. The van der Waals surface area contributed by atoms with E-state index in [0.29, 0.717) is 17.3 Å². The van der Waals surface area contributed by atoms with E-state index in [-0.39, 0.29) is 0 Å². The van der Waals surface area contributed by atoms with Gasteiger partial charge < -0.3 is 4.74 Å². The molecule has 0 aliphatic rings. The van der Waals surface area contributed by atoms with Gasteiger partial charge in [0.1, 0.15) is 0 Å². The first kappa shape index (κ1) is 14.9. The summed E-state index contributed by atoms with van der Waals surface area (Å²) in [7, 11) is 0. The van der Waals surface area contributed by atoms with Crippen LogP contribution in [0.5, 0.6) is 0 Å². The lowest BCUT2D eigenvalue weighted by Gasteiger charge is -2.09. The summed E-state index contributed by atoms with van der Waals surface area (Å²) < 4.78 is 8.28. The number of ether oxygens (including phenoxy) is 1. The van der Waals surface area contributed by atoms with Gasteiger partial charge >= 0.3 is 0 Å². The van der Waals surface area contributed by atoms with Crippen LogP contribution < -0.4 is 0 Å². The van der Waals surface area contributed by atoms with Gasteiger partial charge in [0.25, 0.3) is 0 Å². The van der Waals surface area contributed by atoms with E-state index < -0.39 is 0 Å². The number of hydrogen-bond donors (Lipinski definition) is 1. The minimum Gasteiger partial charge on any atom is -0.380 e. The third kappa shape index (κ3) is 4.02. The number of nitrogens with zero attached hydrogens (tertiary/aromatic N) is 2. The van der Waals surface area contributed by atoms with Crippen LogP contribution in [0, 0.1) is 10.7 Å². The Morgan fingerprint density at radius 2 is 2.00 bits per heavy atom. The van der Waals surface area contributed by atoms with E-state index in [1.165, 1.54) is 0 Å². The summed E-state index contributed by atoms with van der Waals surface area (Å²) in [5.74, 6) is 1.54. The molecular formula is C15H21N3OS. The molecule has 108 valence electrons. The molecule has 0 radical (unpaired) electrons. The third-order valence-electron chi connectivity index (χ3n) is 3.09. The molecule has 1 aromatic heterocycles. The standard InChI is InChI=1S/C15H21N3OS/c1-12(2)8-10-19-11-9-18-14(16-17-15(18)20)13-6-4-3-5-7-13/h3-7,12H,8-11H2,1-2H3,(H,17,20). The fourth-order valence-electron chi connectivity index (χ4n) is 1.91. The number of aromatic nitrogens is 3. The van der Waals surface area contributed by atoms with Crippen LogP contribution in [0.25, 0.3) is 11.4 Å². The molecule has 0 fully saturated rings. The van der Waals surface area contributed by atoms with Gasteiger partial charge in [0, 0.05) is 12.2 Å². The van der Waals surface area contributed by atoms with Gasteiger partial charge in [0.2, 0.25) is 0 Å². The smallest absolute Gasteiger partial charge is 0.195 e. The van der Waals surface area contributed by atoms with Gasteiger partial charge in [-0.25, -0.2) is 0 Å². The van der Waals surface area contributed by atoms with Crippen LogP contribution in [0.2, 0.25) is 0 Å². The lowest BCUT2D eigenvalue weighted by molar-refractivity contribution is 0.116. The maximum Gasteiger partial charge on any atom is 0.195 e. The van der Waals surface area contributed by atoms with Crippen molar-refractivity contribution < 1.29 is 4.74 Å². The Bertz CT molecular complexity index is 574. The highest BCUT2D eigenvalue weighted by Crippen LogP contribution is 2.16. The Balaban J connectivity index is 1.98. The molecule has 1 aromatic carbocycles. The molecular weight excluding hydrogens is 270 g/mol. The number of benzene rings is 1. The molecule has 2 rings (SSSR count). The molecule has 5 heteroatoms. The van der Waals surface area contributed by atoms with Gasteiger partial charge in [-0.2, -0.15) is 5.10 Å². The van der Waals surface area contributed by atoms with E-state index in [0.717, 1.165) is 31.0 Å². The molecule has 0 amide bonds. The van der Waals surface area contributed by atoms with Crippen molar-refractivity contribution in [1.82, 2.24) is 14.8 Å². The second-order valence-corrected chi connectivity index (χ2v) is 5.55. The van der Waals surface area contributed by atoms with Gasteiger partial charge in [-0.05, 0) is 24.6 Å². The predicted molar refractivity (Wildman–Crippen MR) is 83.1 cm³/mol. The minimum atomic E-state index is 0.635. The van der Waals surface area contributed by atoms with Gasteiger partial charge in [-0.3, -0.25) is 9.67 Å². The maximum atomic E-state index is 5.65. The average Bonchev–Trinajstić information content (AvgIpc) is 2.80. The Morgan fingerprint density at radius 1 is 1.25 bits per heavy atom. The topological polar surface area (TPSA) is 42.8 Å². The molecule has 4 nitrogen and oxygen atoms in total. The number of rotatable bonds is 7. The molecule has 2 aromatic rings. The lowest BCUT2D eigenvalue weighted by Crippen LogP contribution is -2.09. The third-order valence-corrected chi connectivity index (χ3v) is 3.40. The maximum absolute atomic E-state index is 5.65. The van der Waals surface area contributed by atoms with Crippen molar-refractivity contribution in [2.45, 2.75) is 26.8 Å². The summed E-state index contributed by atoms with van der Waals surface area (Å²) in [5.41, 5.74) is 1.06. The first-order valence-corrected chi connectivity index (χ1v) is 7.37. The SMILES string of the molecule is CC(C)CCOCCn1c(-c2ccccc2)n[nH]c1=S. The summed E-state index contributed by atoms with van der Waals surface area (Å²) in [4.78, 5) is 0. The zero-order valence-electron chi connectivity index (χ0n) is 12.0. The zero-order chi connectivity index (χ0) is 14.4. The van der Waals surface area contributed by atoms with Crippen LogP contribution >= 0.6 is 12.2 Å². The van der Waals surface area contributed by atoms with Crippen LogP contribution in [0.15, 0.2) is 30.3 Å². The van der Waals surface area contributed by atoms with E-state index in [4.69, 9.17) is 17.0 Å². The second kappa shape index (κ2) is 7.36. The fraction of sp³-hybridized carbons (Fsp3) is 0.467. The van der Waals surface area contributed by atoms with Crippen molar-refractivity contribution >= 4 is 12.2 Å². The van der Waals surface area contributed by atoms with Gasteiger partial charge in [0.05, 0.1) is 13.2 Å². The highest BCUT2D eigenvalue weighted by Gasteiger charge is 2.07. The van der Waals surface area contributed by atoms with Crippen molar-refractivity contribution in [2.24, 2.45) is 5.92 Å². The number of nitrogens with one attached hydrogen (secondary N) is 1. The van der Waals surface area contributed by atoms with Crippen molar-refractivity contribution in [3.63, 3.8) is 0 Å². The van der Waals surface area contributed by atoms with Gasteiger partial charge in [0.15, 0.2) is 10.6 Å². The number of H-pyrrole nitrogens is 1. The highest BCUT2D eigenvalue weighted by molar-refractivity contribution is 7.71. The molecule has 0 unspecified atom stereocenters. The van der Waals surface area contributed by atoms with E-state index in [2.05, 4.69) is 24.0 Å². The van der Waals surface area contributed by atoms with E-state index in [9.17, 15) is 0 Å². The van der Waals surface area contributed by atoms with Crippen LogP contribution in [0.3, 0.4) is 0 Å². The van der Waals surface area contributed by atoms with Gasteiger partial charge in [-0.1, -0.05) is 44.2 Å². The molecule has 0 saturated carbocycles. The van der Waals surface area contributed by atoms with E-state index in [1.807, 2.05) is 34.9 Å². The quantitative estimate of drug-likeness (QED) is 0.625. The minimum absolute atomic E-state index is 0.635. The Labute approximate surface area is 124 Å². The van der Waals surface area contributed by atoms with Crippen LogP contribution in [-0.4, -0.2) is 28.0 Å². The highest BCUT2D eigenvalue weighted by atomic mass is 32.1. The van der Waals surface area contributed by atoms with Crippen molar-refractivity contribution in [3.05, 3.63) is 35.1 Å². The summed E-state index contributed by atoms with van der Waals surface area (Å²) >= 11 is 5.28. The fourth-order valence-corrected chi connectivity index (χ4v) is 2.13. The van der Waals surface area contributed by atoms with E-state index >= 15 is 0 Å². The summed E-state index contributed by atoms with van der Waals surface area (Å²) in [6.07, 6.45) is 1.09. The average molecular weight is 291 g/mol. The molecule has 20 heavy (non-hydrogen) atoms. The Morgan fingerprint density at radius 3 is 2.70 bits per heavy atom. The van der Waals surface area contributed by atoms with Crippen LogP contribution in [-0.2, 0) is 11.3 Å². The molecule has 0 saturated heterocycles. The monoisotopic (exact) mass is 291 g/mol. The van der Waals surface area contributed by atoms with Crippen molar-refractivity contribution in [2.75, 3.05) is 13.2 Å². The van der Waals surface area contributed by atoms with E-state index in [1.54, 1.807) is 0 Å². The second-order valence-electron chi connectivity index (χ2n) is 5.16. The Kier molecular flexibility index (Phi) is 5.49. The lowest BCUT2D eigenvalue weighted by atomic mass is 10.1. The number of hydrogen-bond acceptors (Lipinski definition) is 3. The summed E-state index contributed by atoms with van der Waals surface area (Å²) in [6.45, 7) is 6.56. The molecule has 0 bridgehead atoms. The zero-order valence-corrected chi connectivity index (χ0v) is 12.8. The molecule has 0 aliphatic heterocycles. The normalized spacial score (nSPS) is 11.2. The predicted octanol–water partition coefficient (Wildman–Crippen LogP) is 3.67. The first-order valence-electron chi connectivity index (χ1n) is 6.97. The molecule has 0 aliphatic carbocycles. The molecule has 0 spiro atoms. The van der Waals surface area contributed by atoms with Crippen LogP contribution in [0.1, 0.15) is 20.3 Å². The van der Waals surface area contributed by atoms with Crippen LogP contribution in [0.4, 0.5) is 0 Å².